The van der Waals surface area contributed by atoms with Gasteiger partial charge in [-0.1, -0.05) is 43.3 Å². The molecule has 1 heterocycles. The Kier molecular flexibility index (Phi) is 5.99. The Morgan fingerprint density at radius 1 is 1.04 bits per heavy atom. The first kappa shape index (κ1) is 19.5. The minimum Gasteiger partial charge on any atom is -0.347 e. The number of aryl methyl sites for hydroxylation is 3. The topological polar surface area (TPSA) is 66.9 Å². The van der Waals surface area contributed by atoms with Crippen molar-refractivity contribution in [2.75, 3.05) is 5.32 Å². The lowest BCUT2D eigenvalue weighted by atomic mass is 10.1. The number of aromatic nitrogens is 2. The number of rotatable bonds is 6. The molecule has 5 nitrogen and oxygen atoms in total. The van der Waals surface area contributed by atoms with Crippen LogP contribution in [0.5, 0.6) is 0 Å². The summed E-state index contributed by atoms with van der Waals surface area (Å²) < 4.78 is 13.7. The van der Waals surface area contributed by atoms with E-state index in [0.29, 0.717) is 17.2 Å². The van der Waals surface area contributed by atoms with Gasteiger partial charge in [0.1, 0.15) is 23.2 Å². The SMILES string of the molecule is CCc1cccc(C)c1Nc1cc(C(=O)NCc2ccccc2F)nc(C)n1. The standard InChI is InChI=1S/C22H23FN4O/c1-4-16-10-7-8-14(2)21(16)27-20-12-19(25-15(3)26-20)22(28)24-13-17-9-5-6-11-18(17)23/h5-12H,4,13H2,1-3H3,(H,24,28)(H,25,26,27). The fraction of sp³-hybridized carbons (Fsp3) is 0.227. The number of hydrogen-bond acceptors (Lipinski definition) is 4. The first-order valence-electron chi connectivity index (χ1n) is 9.20. The fourth-order valence-corrected chi connectivity index (χ4v) is 2.99. The predicted octanol–water partition coefficient (Wildman–Crippen LogP) is 4.47. The fourth-order valence-electron chi connectivity index (χ4n) is 2.99. The van der Waals surface area contributed by atoms with Crippen molar-refractivity contribution < 1.29 is 9.18 Å². The molecule has 2 aromatic carbocycles. The second-order valence-electron chi connectivity index (χ2n) is 6.55. The van der Waals surface area contributed by atoms with Gasteiger partial charge in [0.25, 0.3) is 5.91 Å². The van der Waals surface area contributed by atoms with Crippen molar-refractivity contribution in [3.05, 3.63) is 82.6 Å². The van der Waals surface area contributed by atoms with Gasteiger partial charge in [-0.05, 0) is 37.5 Å². The van der Waals surface area contributed by atoms with E-state index in [0.717, 1.165) is 17.7 Å². The summed E-state index contributed by atoms with van der Waals surface area (Å²) in [4.78, 5) is 21.1. The largest absolute Gasteiger partial charge is 0.347 e. The maximum absolute atomic E-state index is 13.7. The van der Waals surface area contributed by atoms with E-state index in [1.807, 2.05) is 19.1 Å². The quantitative estimate of drug-likeness (QED) is 0.664. The molecule has 0 aliphatic heterocycles. The highest BCUT2D eigenvalue weighted by Gasteiger charge is 2.13. The van der Waals surface area contributed by atoms with E-state index >= 15 is 0 Å². The predicted molar refractivity (Wildman–Crippen MR) is 108 cm³/mol. The van der Waals surface area contributed by atoms with Gasteiger partial charge in [-0.15, -0.1) is 0 Å². The van der Waals surface area contributed by atoms with Gasteiger partial charge in [0, 0.05) is 23.9 Å². The van der Waals surface area contributed by atoms with Crippen molar-refractivity contribution >= 4 is 17.4 Å². The monoisotopic (exact) mass is 378 g/mol. The molecule has 0 bridgehead atoms. The molecule has 0 atom stereocenters. The number of amides is 1. The third kappa shape index (κ3) is 4.52. The molecule has 0 radical (unpaired) electrons. The Hall–Kier alpha value is -3.28. The van der Waals surface area contributed by atoms with Crippen LogP contribution >= 0.6 is 0 Å². The summed E-state index contributed by atoms with van der Waals surface area (Å²) in [5.41, 5.74) is 3.91. The molecule has 3 aromatic rings. The molecule has 28 heavy (non-hydrogen) atoms. The van der Waals surface area contributed by atoms with Crippen molar-refractivity contribution in [1.82, 2.24) is 15.3 Å². The summed E-state index contributed by atoms with van der Waals surface area (Å²) in [6.07, 6.45) is 0.879. The first-order valence-corrected chi connectivity index (χ1v) is 9.20. The lowest BCUT2D eigenvalue weighted by Crippen LogP contribution is -2.25. The van der Waals surface area contributed by atoms with E-state index < -0.39 is 0 Å². The summed E-state index contributed by atoms with van der Waals surface area (Å²) in [7, 11) is 0. The minimum atomic E-state index is -0.377. The summed E-state index contributed by atoms with van der Waals surface area (Å²) in [6, 6.07) is 14.1. The van der Waals surface area contributed by atoms with Gasteiger partial charge < -0.3 is 10.6 Å². The molecule has 0 unspecified atom stereocenters. The number of anilines is 2. The van der Waals surface area contributed by atoms with Crippen LogP contribution in [-0.2, 0) is 13.0 Å². The highest BCUT2D eigenvalue weighted by Crippen LogP contribution is 2.25. The second kappa shape index (κ2) is 8.61. The van der Waals surface area contributed by atoms with Gasteiger partial charge in [0.15, 0.2) is 0 Å². The van der Waals surface area contributed by atoms with Crippen LogP contribution in [0.4, 0.5) is 15.9 Å². The van der Waals surface area contributed by atoms with Crippen molar-refractivity contribution in [3.63, 3.8) is 0 Å². The summed E-state index contributed by atoms with van der Waals surface area (Å²) in [5.74, 6) is 0.299. The molecule has 0 fully saturated rings. The third-order valence-electron chi connectivity index (χ3n) is 4.46. The van der Waals surface area contributed by atoms with Gasteiger partial charge in [0.05, 0.1) is 0 Å². The number of nitrogens with one attached hydrogen (secondary N) is 2. The van der Waals surface area contributed by atoms with Crippen LogP contribution in [0, 0.1) is 19.7 Å². The second-order valence-corrected chi connectivity index (χ2v) is 6.55. The molecule has 0 aliphatic rings. The molecule has 1 amide bonds. The maximum Gasteiger partial charge on any atom is 0.270 e. The van der Waals surface area contributed by atoms with Crippen LogP contribution in [0.15, 0.2) is 48.5 Å². The van der Waals surface area contributed by atoms with E-state index in [4.69, 9.17) is 0 Å². The molecular weight excluding hydrogens is 355 g/mol. The molecular formula is C22H23FN4O. The summed E-state index contributed by atoms with van der Waals surface area (Å²) in [6.45, 7) is 5.94. The molecule has 2 N–H and O–H groups in total. The van der Waals surface area contributed by atoms with Gasteiger partial charge in [-0.2, -0.15) is 0 Å². The number of carbonyl (C=O) groups is 1. The number of hydrogen-bond donors (Lipinski definition) is 2. The van der Waals surface area contributed by atoms with E-state index in [9.17, 15) is 9.18 Å². The molecule has 0 saturated heterocycles. The maximum atomic E-state index is 13.7. The van der Waals surface area contributed by atoms with E-state index in [2.05, 4.69) is 33.6 Å². The molecule has 3 rings (SSSR count). The zero-order valence-electron chi connectivity index (χ0n) is 16.2. The Morgan fingerprint density at radius 3 is 2.54 bits per heavy atom. The van der Waals surface area contributed by atoms with Crippen LogP contribution < -0.4 is 10.6 Å². The van der Waals surface area contributed by atoms with Gasteiger partial charge >= 0.3 is 0 Å². The van der Waals surface area contributed by atoms with Crippen molar-refractivity contribution in [2.45, 2.75) is 33.7 Å². The zero-order valence-corrected chi connectivity index (χ0v) is 16.2. The normalized spacial score (nSPS) is 10.6. The van der Waals surface area contributed by atoms with E-state index in [1.165, 1.54) is 11.6 Å². The lowest BCUT2D eigenvalue weighted by molar-refractivity contribution is 0.0945. The van der Waals surface area contributed by atoms with Crippen LogP contribution in [0.2, 0.25) is 0 Å². The lowest BCUT2D eigenvalue weighted by Gasteiger charge is -2.14. The summed E-state index contributed by atoms with van der Waals surface area (Å²) in [5, 5.41) is 6.03. The molecule has 0 spiro atoms. The summed E-state index contributed by atoms with van der Waals surface area (Å²) >= 11 is 0. The first-order chi connectivity index (χ1) is 13.5. The molecule has 0 saturated carbocycles. The Balaban J connectivity index is 1.80. The van der Waals surface area contributed by atoms with Gasteiger partial charge in [0.2, 0.25) is 0 Å². The van der Waals surface area contributed by atoms with Gasteiger partial charge in [-0.25, -0.2) is 14.4 Å². The Morgan fingerprint density at radius 2 is 1.79 bits per heavy atom. The van der Waals surface area contributed by atoms with Crippen LogP contribution in [-0.4, -0.2) is 15.9 Å². The van der Waals surface area contributed by atoms with Crippen LogP contribution in [0.3, 0.4) is 0 Å². The Labute approximate surface area is 164 Å². The minimum absolute atomic E-state index is 0.0924. The van der Waals surface area contributed by atoms with E-state index in [1.54, 1.807) is 31.2 Å². The number of benzene rings is 2. The smallest absolute Gasteiger partial charge is 0.270 e. The number of halogens is 1. The Bertz CT molecular complexity index is 1000. The number of nitrogens with zero attached hydrogens (tertiary/aromatic N) is 2. The van der Waals surface area contributed by atoms with Gasteiger partial charge in [-0.3, -0.25) is 4.79 Å². The highest BCUT2D eigenvalue weighted by atomic mass is 19.1. The molecule has 1 aromatic heterocycles. The molecule has 0 aliphatic carbocycles. The molecule has 144 valence electrons. The van der Waals surface area contributed by atoms with Crippen molar-refractivity contribution in [2.24, 2.45) is 0 Å². The highest BCUT2D eigenvalue weighted by molar-refractivity contribution is 5.93. The zero-order chi connectivity index (χ0) is 20.1. The number of carbonyl (C=O) groups excluding carboxylic acids is 1. The third-order valence-corrected chi connectivity index (χ3v) is 4.46. The van der Waals surface area contributed by atoms with Crippen molar-refractivity contribution in [3.8, 4) is 0 Å². The number of para-hydroxylation sites is 1. The average molecular weight is 378 g/mol. The van der Waals surface area contributed by atoms with Crippen LogP contribution in [0.1, 0.15) is 39.9 Å². The van der Waals surface area contributed by atoms with Crippen molar-refractivity contribution in [1.29, 1.82) is 0 Å². The molecule has 6 heteroatoms. The average Bonchev–Trinajstić information content (AvgIpc) is 2.68. The van der Waals surface area contributed by atoms with E-state index in [-0.39, 0.29) is 24.0 Å². The van der Waals surface area contributed by atoms with Crippen LogP contribution in [0.25, 0.3) is 0 Å².